The molecular weight excluding hydrogens is 953 g/mol. The zero-order valence-electron chi connectivity index (χ0n) is 97.1. The lowest BCUT2D eigenvalue weighted by Gasteiger charge is -2.29. The Morgan fingerprint density at radius 2 is 1.62 bits per heavy atom. The minimum absolute atomic E-state index is 0.655. The molecule has 1 aliphatic heterocycles. The summed E-state index contributed by atoms with van der Waals surface area (Å²) in [5.41, 5.74) is -22.4. The lowest BCUT2D eigenvalue weighted by Crippen LogP contribution is -2.62. The SMILES string of the molecule is [2H]OC([2H])([2H])[C@@]([2H])(N([2H])C(=O)[C@@H]1N([2H])C(=O)[C@]([2H])([C@]([2H])(O[2H])C([2H])([2H])[2H])N([2H])C(=O)[C@]([2H])(C([2H])([2H])C([2H])([2H])C([2H])([2H])C([2H])([2H])N([2H])[2H])N([2H])C(=O)[C@@]([2H])(C([2H])([2H])c2c([2H])n([2H])c3c([2H])c([2H])c([2H])c([2H])c23)N([2H])C(=O)[C@H](C([2H])([2H])c2c([2H])c([2H])c([2H])c([2H])c2[2H])N([2H])C(=O)[C@H](N([2H])C(=O)[C@]([2H])(N([2H])[2H])C([2H])([2H])c2c([2H])c([2H])c([2H])c([2H])c2[2H])C([2H])([2H])SSC1([2H])[2H])[C@]([2H])(O[2H])C([2H])([2H])[2H]. The van der Waals surface area contributed by atoms with E-state index in [1.807, 2.05) is 0 Å². The number of hydrogen-bond donors (Lipinski definition) is 13. The van der Waals surface area contributed by atoms with E-state index < -0.39 is 372 Å². The first kappa shape index (κ1) is 15.3. The summed E-state index contributed by atoms with van der Waals surface area (Å²) >= 11 is 0. The Labute approximate surface area is 509 Å². The Morgan fingerprint density at radius 1 is 0.887 bits per heavy atom. The molecule has 5 rings (SSSR count). The summed E-state index contributed by atoms with van der Waals surface area (Å²) in [5.74, 6) is -27.2. The predicted octanol–water partition coefficient (Wildman–Crippen LogP) is -0.805. The Hall–Kier alpha value is -6.01. The third kappa shape index (κ3) is 17.1. The van der Waals surface area contributed by atoms with Crippen LogP contribution in [0.2, 0.25) is 16.9 Å². The molecule has 0 unspecified atom stereocenters. The average molecular weight is 1080 g/mol. The van der Waals surface area contributed by atoms with Crippen LogP contribution in [0.3, 0.4) is 0 Å². The lowest BCUT2D eigenvalue weighted by atomic mass is 10.0. The minimum Gasteiger partial charge on any atom is -0.394 e. The number of amides is 7. The van der Waals surface area contributed by atoms with Crippen molar-refractivity contribution in [1.29, 1.82) is 4.29 Å². The van der Waals surface area contributed by atoms with Gasteiger partial charge >= 0.3 is 0 Å². The van der Waals surface area contributed by atoms with Crippen LogP contribution in [0.5, 0.6) is 0 Å². The number of benzene rings is 3. The van der Waals surface area contributed by atoms with Gasteiger partial charge in [0.1, 0.15) is 41.8 Å². The molecular formula is C49H66N10O10S2. The zero-order valence-corrected chi connectivity index (χ0v) is 35.7. The van der Waals surface area contributed by atoms with E-state index >= 15 is 33.6 Å². The van der Waals surface area contributed by atoms with Crippen LogP contribution in [0.15, 0.2) is 90.8 Å². The number of rotatable bonds is 22. The normalized spacial score (nSPS) is 44.6. The van der Waals surface area contributed by atoms with Crippen LogP contribution >= 0.6 is 21.6 Å². The summed E-state index contributed by atoms with van der Waals surface area (Å²) in [6.07, 6.45) is -47.4. The molecule has 71 heavy (non-hydrogen) atoms. The van der Waals surface area contributed by atoms with Crippen LogP contribution in [0.25, 0.3) is 10.9 Å². The monoisotopic (exact) mass is 1080 g/mol. The maximum Gasteiger partial charge on any atom is 0.245 e. The van der Waals surface area contributed by atoms with E-state index in [1.165, 1.54) is 0 Å². The van der Waals surface area contributed by atoms with Gasteiger partial charge in [0.2, 0.25) is 45.6 Å². The number of aromatic amines is 1. The fourth-order valence-corrected chi connectivity index (χ4v) is 5.76. The summed E-state index contributed by atoms with van der Waals surface area (Å²) in [6, 6.07) is -70.5. The van der Waals surface area contributed by atoms with Crippen molar-refractivity contribution in [2.24, 2.45) is 11.4 Å². The fraction of sp³-hybridized carbons (Fsp3) is 0.449. The van der Waals surface area contributed by atoms with E-state index in [0.717, 1.165) is 0 Å². The van der Waals surface area contributed by atoms with Crippen LogP contribution in [-0.2, 0) is 52.7 Å². The maximum atomic E-state index is 16.7. The average Bonchev–Trinajstić information content (AvgIpc) is 1.07. The first-order chi connectivity index (χ1) is 59.6. The molecule has 3 aromatic carbocycles. The minimum atomic E-state index is -6.72. The molecule has 15 N–H and O–H groups in total. The number of carbonyl (C=O) groups excluding carboxylic acids is 7. The molecule has 20 nitrogen and oxygen atoms in total. The number of nitrogens with two attached hydrogens (primary N) is 2. The quantitative estimate of drug-likeness (QED) is 0.0429. The molecule has 0 bridgehead atoms. The van der Waals surface area contributed by atoms with Gasteiger partial charge in [-0.3, -0.25) is 33.6 Å². The van der Waals surface area contributed by atoms with Crippen molar-refractivity contribution in [2.75, 3.05) is 24.5 Å². The maximum absolute atomic E-state index is 16.7. The second kappa shape index (κ2) is 28.1. The molecule has 1 aromatic heterocycles. The summed E-state index contributed by atoms with van der Waals surface area (Å²) in [4.78, 5) is 113. The molecule has 1 aliphatic rings. The summed E-state index contributed by atoms with van der Waals surface area (Å²) in [5, 5.41) is -5.38. The molecule has 1 saturated heterocycles. The van der Waals surface area contributed by atoms with Gasteiger partial charge in [0.25, 0.3) is 0 Å². The molecule has 0 saturated carbocycles. The molecule has 0 spiro atoms. The Bertz CT molecular complexity index is 5290. The molecule has 384 valence electrons. The van der Waals surface area contributed by atoms with Crippen molar-refractivity contribution in [1.82, 2.24) is 42.1 Å². The van der Waals surface area contributed by atoms with Gasteiger partial charge < -0.3 is 68.9 Å². The summed E-state index contributed by atoms with van der Waals surface area (Å²) < 4.78 is 555. The van der Waals surface area contributed by atoms with Crippen LogP contribution in [0.4, 0.5) is 0 Å². The number of hydrogen-bond acceptors (Lipinski definition) is 14. The van der Waals surface area contributed by atoms with E-state index in [-0.39, 0.29) is 0 Å². The van der Waals surface area contributed by atoms with E-state index in [1.54, 1.807) is 0 Å². The standard InChI is InChI=1S/C49H66N10O10S2/c1-28(61)39(25-60)56-48(68)41-27-71-70-26-40(57-43(63)34(51)21-30-13-5-3-6-14-30)47(67)54-37(22-31-15-7-4-8-16-31)45(65)55-38(23-32-24-52-35-18-10-9-17-33(32)35)46(66)53-36(19-11-12-20-50)44(64)59-42(29(2)62)49(69)58-41/h3-10,13-18,24,28-29,34,36-42,52,60-62H,11-12,19-23,25-27,50-51H2,1-2H3,(H,53,66)(H,54,67)(H,55,65)(H,56,68)(H,57,63)(H,58,69)(H,59,64)/t28-,29-,34-,36+,37+,38-,39-,40-,41-,42+/m1/s1/i1D3,2D3,3D,4D,5D,6D,7D,8D,9D,10D,11D2,12D2,13D,14D,15D,16D,17D,18D,19D2,20D2,21D2,22D2,23D2,24D,25D2,26D2,27D2,28D,29D,34D,36D,38D,39D,42D,60D,61D,62D/hD12. The van der Waals surface area contributed by atoms with Crippen molar-refractivity contribution in [3.63, 3.8) is 0 Å². The number of carbonyl (C=O) groups is 7. The number of aliphatic hydroxyl groups is 3. The van der Waals surface area contributed by atoms with Crippen LogP contribution in [-0.4, -0.2) is 151 Å². The first-order valence-electron chi connectivity index (χ1n) is 48.6. The van der Waals surface area contributed by atoms with E-state index in [0.29, 0.717) is 0 Å². The van der Waals surface area contributed by atoms with Gasteiger partial charge in [0, 0.05) is 74.1 Å². The van der Waals surface area contributed by atoms with Gasteiger partial charge in [-0.1, -0.05) is 100 Å². The van der Waals surface area contributed by atoms with Crippen LogP contribution in [0, 0.1) is 0 Å². The fourth-order valence-electron chi connectivity index (χ4n) is 4.34. The lowest BCUT2D eigenvalue weighted by molar-refractivity contribution is -0.136. The predicted molar refractivity (Wildman–Crippen MR) is 272 cm³/mol. The zero-order chi connectivity index (χ0) is 106. The number of fused-ring (bicyclic) bond motifs is 1. The highest BCUT2D eigenvalue weighted by Gasteiger charge is 2.36. The van der Waals surface area contributed by atoms with Crippen LogP contribution in [0.1, 0.15) is 115 Å². The second-order valence-electron chi connectivity index (χ2n) is 11.9. The molecule has 0 radical (unpaired) electrons. The van der Waals surface area contributed by atoms with Crippen molar-refractivity contribution in [3.8, 4) is 0 Å². The highest BCUT2D eigenvalue weighted by Crippen LogP contribution is 2.24. The Balaban J connectivity index is 2.45. The number of aromatic nitrogens is 1. The largest absolute Gasteiger partial charge is 0.394 e. The van der Waals surface area contributed by atoms with Crippen molar-refractivity contribution >= 4 is 73.8 Å². The molecule has 22 heteroatoms. The highest BCUT2D eigenvalue weighted by atomic mass is 33.1. The molecule has 7 amide bonds. The molecule has 1 fully saturated rings. The van der Waals surface area contributed by atoms with E-state index in [4.69, 9.17) is 59.4 Å². The summed E-state index contributed by atoms with van der Waals surface area (Å²) in [6.45, 7) is -20.6. The van der Waals surface area contributed by atoms with Gasteiger partial charge in [-0.15, -0.1) is 0 Å². The van der Waals surface area contributed by atoms with Crippen LogP contribution < -0.4 is 48.6 Å². The topological polar surface area (TPSA) is 332 Å². The van der Waals surface area contributed by atoms with Crippen molar-refractivity contribution in [2.45, 2.75) is 112 Å². The number of nitrogens with one attached hydrogen (secondary N) is 8. The second-order valence-corrected chi connectivity index (χ2v) is 13.7. The highest BCUT2D eigenvalue weighted by molar-refractivity contribution is 8.76. The molecule has 4 aromatic rings. The smallest absolute Gasteiger partial charge is 0.245 e. The Morgan fingerprint density at radius 3 is 2.34 bits per heavy atom. The van der Waals surface area contributed by atoms with Gasteiger partial charge in [-0.25, -0.2) is 0 Å². The molecule has 2 heterocycles. The molecule has 10 atom stereocenters. The van der Waals surface area contributed by atoms with E-state index in [2.05, 4.69) is 15.3 Å². The third-order valence-electron chi connectivity index (χ3n) is 7.28. The molecule has 0 aliphatic carbocycles. The number of H-pyrrole nitrogens is 1. The third-order valence-corrected chi connectivity index (χ3v) is 8.83. The first-order valence-corrected chi connectivity index (χ1v) is 20.1. The van der Waals surface area contributed by atoms with Gasteiger partial charge in [-0.05, 0) is 68.4 Å². The Kier molecular flexibility index (Phi) is 6.05. The van der Waals surface area contributed by atoms with Gasteiger partial charge in [0.15, 0.2) is 11.3 Å². The summed E-state index contributed by atoms with van der Waals surface area (Å²) in [7, 11) is -3.31. The van der Waals surface area contributed by atoms with Crippen molar-refractivity contribution in [3.05, 3.63) is 107 Å². The van der Waals surface area contributed by atoms with Crippen molar-refractivity contribution < 1.29 is 132 Å². The van der Waals surface area contributed by atoms with E-state index in [9.17, 15) is 27.7 Å². The van der Waals surface area contributed by atoms with Gasteiger partial charge in [0.05, 0.1) is 63.7 Å². The number of para-hydroxylation sites is 1. The van der Waals surface area contributed by atoms with Gasteiger partial charge in [-0.2, -0.15) is 0 Å².